The molecule has 0 fully saturated rings. The van der Waals surface area contributed by atoms with Crippen LogP contribution in [0.1, 0.15) is 72.6 Å². The van der Waals surface area contributed by atoms with E-state index in [1.54, 1.807) is 0 Å². The molecule has 0 N–H and O–H groups in total. The molecule has 0 unspecified atom stereocenters. The zero-order chi connectivity index (χ0) is 12.4. The Kier molecular flexibility index (Phi) is 8.26. The van der Waals surface area contributed by atoms with E-state index in [1.165, 1.54) is 19.3 Å². The molecule has 3 nitrogen and oxygen atoms in total. The number of carbonyl (C=O) groups is 1. The Hall–Kier alpha value is -0.570. The van der Waals surface area contributed by atoms with Crippen LogP contribution >= 0.6 is 0 Å². The summed E-state index contributed by atoms with van der Waals surface area (Å²) in [7, 11) is 0. The van der Waals surface area contributed by atoms with Crippen molar-refractivity contribution in [1.82, 2.24) is 0 Å². The topological polar surface area (TPSA) is 35.5 Å². The van der Waals surface area contributed by atoms with Crippen LogP contribution in [0.15, 0.2) is 0 Å². The molecule has 0 aromatic heterocycles. The summed E-state index contributed by atoms with van der Waals surface area (Å²) in [6.07, 6.45) is 6.94. The van der Waals surface area contributed by atoms with Gasteiger partial charge in [-0.3, -0.25) is 4.89 Å². The maximum Gasteiger partial charge on any atom is 0.342 e. The summed E-state index contributed by atoms with van der Waals surface area (Å²) in [6.45, 7) is 7.98. The second-order valence-corrected chi connectivity index (χ2v) is 4.82. The molecule has 0 spiro atoms. The van der Waals surface area contributed by atoms with Crippen LogP contribution in [-0.2, 0) is 14.6 Å². The zero-order valence-electron chi connectivity index (χ0n) is 11.2. The fourth-order valence-corrected chi connectivity index (χ4v) is 1.13. The van der Waals surface area contributed by atoms with Gasteiger partial charge in [-0.2, -0.15) is 4.89 Å². The van der Waals surface area contributed by atoms with Crippen LogP contribution in [-0.4, -0.2) is 11.6 Å². The van der Waals surface area contributed by atoms with E-state index in [-0.39, 0.29) is 11.6 Å². The predicted octanol–water partition coefficient (Wildman–Crippen LogP) is 4.01. The number of hydrogen-bond donors (Lipinski definition) is 0. The van der Waals surface area contributed by atoms with Gasteiger partial charge in [-0.1, -0.05) is 39.5 Å². The van der Waals surface area contributed by atoms with Crippen molar-refractivity contribution in [2.24, 2.45) is 0 Å². The molecule has 0 saturated carbocycles. The average Bonchev–Trinajstić information content (AvgIpc) is 2.26. The molecule has 0 atom stereocenters. The van der Waals surface area contributed by atoms with Crippen LogP contribution in [0.3, 0.4) is 0 Å². The Balaban J connectivity index is 3.45. The van der Waals surface area contributed by atoms with Gasteiger partial charge in [-0.05, 0) is 26.7 Å². The standard InChI is InChI=1S/C13H26O3/c1-5-7-8-9-10-11-12(14)15-16-13(3,4)6-2/h5-11H2,1-4H3. The summed E-state index contributed by atoms with van der Waals surface area (Å²) in [5.74, 6) is -0.252. The predicted molar refractivity (Wildman–Crippen MR) is 64.9 cm³/mol. The first-order chi connectivity index (χ1) is 7.52. The molecule has 0 heterocycles. The van der Waals surface area contributed by atoms with Crippen LogP contribution in [0.5, 0.6) is 0 Å². The molecule has 0 aromatic rings. The van der Waals surface area contributed by atoms with Crippen molar-refractivity contribution >= 4 is 5.97 Å². The first-order valence-corrected chi connectivity index (χ1v) is 6.40. The number of hydrogen-bond acceptors (Lipinski definition) is 3. The molecule has 0 radical (unpaired) electrons. The summed E-state index contributed by atoms with van der Waals surface area (Å²) in [4.78, 5) is 21.1. The maximum atomic E-state index is 11.3. The number of rotatable bonds is 9. The molecule has 0 aromatic carbocycles. The van der Waals surface area contributed by atoms with Crippen LogP contribution in [0.2, 0.25) is 0 Å². The second-order valence-electron chi connectivity index (χ2n) is 4.82. The van der Waals surface area contributed by atoms with E-state index in [0.29, 0.717) is 6.42 Å². The molecule has 3 heteroatoms. The lowest BCUT2D eigenvalue weighted by Crippen LogP contribution is -2.25. The van der Waals surface area contributed by atoms with Crippen LogP contribution in [0.4, 0.5) is 0 Å². The van der Waals surface area contributed by atoms with Gasteiger partial charge in [-0.25, -0.2) is 4.79 Å². The molecule has 0 aliphatic carbocycles. The summed E-state index contributed by atoms with van der Waals surface area (Å²) in [5, 5.41) is 0. The largest absolute Gasteiger partial charge is 0.342 e. The van der Waals surface area contributed by atoms with Crippen molar-refractivity contribution in [3.63, 3.8) is 0 Å². The third kappa shape index (κ3) is 8.72. The lowest BCUT2D eigenvalue weighted by atomic mass is 10.1. The molecule has 0 rings (SSSR count). The van der Waals surface area contributed by atoms with E-state index in [9.17, 15) is 4.79 Å². The van der Waals surface area contributed by atoms with E-state index < -0.39 is 0 Å². The average molecular weight is 230 g/mol. The van der Waals surface area contributed by atoms with Crippen molar-refractivity contribution in [2.45, 2.75) is 78.2 Å². The minimum absolute atomic E-state index is 0.252. The van der Waals surface area contributed by atoms with Gasteiger partial charge in [0.15, 0.2) is 0 Å². The van der Waals surface area contributed by atoms with Crippen LogP contribution < -0.4 is 0 Å². The highest BCUT2D eigenvalue weighted by atomic mass is 17.2. The SMILES string of the molecule is CCCCCCCC(=O)OOC(C)(C)CC. The molecule has 96 valence electrons. The normalized spacial score (nSPS) is 11.5. The summed E-state index contributed by atoms with van der Waals surface area (Å²) in [5.41, 5.74) is -0.377. The van der Waals surface area contributed by atoms with E-state index in [4.69, 9.17) is 9.78 Å². The molecule has 0 saturated heterocycles. The van der Waals surface area contributed by atoms with Crippen LogP contribution in [0.25, 0.3) is 0 Å². The van der Waals surface area contributed by atoms with E-state index in [2.05, 4.69) is 6.92 Å². The molecular weight excluding hydrogens is 204 g/mol. The fourth-order valence-electron chi connectivity index (χ4n) is 1.13. The highest BCUT2D eigenvalue weighted by Crippen LogP contribution is 2.14. The Morgan fingerprint density at radius 3 is 2.25 bits per heavy atom. The number of carbonyl (C=O) groups excluding carboxylic acids is 1. The quantitative estimate of drug-likeness (QED) is 0.341. The van der Waals surface area contributed by atoms with Gasteiger partial charge in [-0.15, -0.1) is 0 Å². The third-order valence-electron chi connectivity index (χ3n) is 2.70. The van der Waals surface area contributed by atoms with Crippen molar-refractivity contribution in [1.29, 1.82) is 0 Å². The molecule has 0 aliphatic rings. The maximum absolute atomic E-state index is 11.3. The van der Waals surface area contributed by atoms with Crippen molar-refractivity contribution in [2.75, 3.05) is 0 Å². The van der Waals surface area contributed by atoms with Crippen molar-refractivity contribution in [3.05, 3.63) is 0 Å². The Bertz CT molecular complexity index is 188. The van der Waals surface area contributed by atoms with Gasteiger partial charge in [0, 0.05) is 6.42 Å². The molecular formula is C13H26O3. The van der Waals surface area contributed by atoms with Crippen LogP contribution in [0, 0.1) is 0 Å². The first kappa shape index (κ1) is 15.4. The highest BCUT2D eigenvalue weighted by Gasteiger charge is 2.19. The van der Waals surface area contributed by atoms with E-state index >= 15 is 0 Å². The lowest BCUT2D eigenvalue weighted by Gasteiger charge is -2.20. The summed E-state index contributed by atoms with van der Waals surface area (Å²) >= 11 is 0. The molecule has 0 bridgehead atoms. The first-order valence-electron chi connectivity index (χ1n) is 6.40. The summed E-state index contributed by atoms with van der Waals surface area (Å²) in [6, 6.07) is 0. The van der Waals surface area contributed by atoms with Gasteiger partial charge in [0.2, 0.25) is 0 Å². The van der Waals surface area contributed by atoms with Gasteiger partial charge in [0.25, 0.3) is 0 Å². The van der Waals surface area contributed by atoms with Gasteiger partial charge in [0.05, 0.1) is 0 Å². The second kappa shape index (κ2) is 8.57. The summed E-state index contributed by atoms with van der Waals surface area (Å²) < 4.78 is 0. The Labute approximate surface area is 99.4 Å². The van der Waals surface area contributed by atoms with Crippen molar-refractivity contribution in [3.8, 4) is 0 Å². The third-order valence-corrected chi connectivity index (χ3v) is 2.70. The smallest absolute Gasteiger partial charge is 0.298 e. The lowest BCUT2D eigenvalue weighted by molar-refractivity contribution is -0.325. The van der Waals surface area contributed by atoms with Gasteiger partial charge >= 0.3 is 5.97 Å². The molecule has 0 amide bonds. The zero-order valence-corrected chi connectivity index (χ0v) is 11.2. The minimum Gasteiger partial charge on any atom is -0.298 e. The van der Waals surface area contributed by atoms with E-state index in [1.807, 2.05) is 20.8 Å². The minimum atomic E-state index is -0.377. The fraction of sp³-hybridized carbons (Fsp3) is 0.923. The Morgan fingerprint density at radius 2 is 1.69 bits per heavy atom. The van der Waals surface area contributed by atoms with Crippen molar-refractivity contribution < 1.29 is 14.6 Å². The monoisotopic (exact) mass is 230 g/mol. The van der Waals surface area contributed by atoms with Gasteiger partial charge in [0.1, 0.15) is 5.60 Å². The molecule has 16 heavy (non-hydrogen) atoms. The number of unbranched alkanes of at least 4 members (excludes halogenated alkanes) is 4. The van der Waals surface area contributed by atoms with Gasteiger partial charge < -0.3 is 0 Å². The van der Waals surface area contributed by atoms with E-state index in [0.717, 1.165) is 19.3 Å². The highest BCUT2D eigenvalue weighted by molar-refractivity contribution is 5.68. The Morgan fingerprint density at radius 1 is 1.06 bits per heavy atom. The molecule has 0 aliphatic heterocycles.